The summed E-state index contributed by atoms with van der Waals surface area (Å²) in [5.41, 5.74) is 5.69. The van der Waals surface area contributed by atoms with E-state index in [0.29, 0.717) is 23.3 Å². The Labute approximate surface area is 154 Å². The molecule has 3 aliphatic heterocycles. The molecule has 0 spiro atoms. The van der Waals surface area contributed by atoms with Gasteiger partial charge in [0.15, 0.2) is 6.61 Å². The monoisotopic (exact) mass is 361 g/mol. The van der Waals surface area contributed by atoms with Gasteiger partial charge in [-0.15, -0.1) is 0 Å². The van der Waals surface area contributed by atoms with Crippen molar-refractivity contribution < 1.29 is 19.1 Å². The maximum Gasteiger partial charge on any atom is 0.255 e. The molecule has 7 heteroatoms. The Bertz CT molecular complexity index is 651. The first kappa shape index (κ1) is 18.7. The molecule has 3 saturated heterocycles. The number of carbonyl (C=O) groups is 2. The summed E-state index contributed by atoms with van der Waals surface area (Å²) in [5.74, 6) is 0.458. The predicted octanol–water partition coefficient (Wildman–Crippen LogP) is 0.734. The minimum Gasteiger partial charge on any atom is -0.484 e. The van der Waals surface area contributed by atoms with E-state index in [9.17, 15) is 9.59 Å². The van der Waals surface area contributed by atoms with Crippen LogP contribution in [0.1, 0.15) is 23.2 Å². The largest absolute Gasteiger partial charge is 0.484 e. The van der Waals surface area contributed by atoms with Gasteiger partial charge in [-0.2, -0.15) is 0 Å². The first-order valence-electron chi connectivity index (χ1n) is 9.10. The maximum absolute atomic E-state index is 13.0. The zero-order valence-electron chi connectivity index (χ0n) is 15.2. The van der Waals surface area contributed by atoms with E-state index >= 15 is 0 Å². The Morgan fingerprint density at radius 3 is 2.85 bits per heavy atom. The van der Waals surface area contributed by atoms with Crippen LogP contribution in [0.25, 0.3) is 0 Å². The van der Waals surface area contributed by atoms with Gasteiger partial charge in [0.1, 0.15) is 5.75 Å². The zero-order chi connectivity index (χ0) is 18.5. The lowest BCUT2D eigenvalue weighted by Gasteiger charge is -2.35. The summed E-state index contributed by atoms with van der Waals surface area (Å²) in [7, 11) is 1.72. The summed E-state index contributed by atoms with van der Waals surface area (Å²) in [4.78, 5) is 28.3. The van der Waals surface area contributed by atoms with Gasteiger partial charge in [-0.3, -0.25) is 14.5 Å². The Kier molecular flexibility index (Phi) is 6.11. The molecule has 1 aromatic carbocycles. The fourth-order valence-electron chi connectivity index (χ4n) is 3.88. The molecule has 2 bridgehead atoms. The van der Waals surface area contributed by atoms with Crippen molar-refractivity contribution in [2.24, 2.45) is 11.7 Å². The topological polar surface area (TPSA) is 85.1 Å². The fraction of sp³-hybridized carbons (Fsp3) is 0.579. The molecule has 2 amide bonds. The smallest absolute Gasteiger partial charge is 0.255 e. The van der Waals surface area contributed by atoms with E-state index < -0.39 is 5.91 Å². The number of ether oxygens (including phenoxy) is 2. The lowest BCUT2D eigenvalue weighted by molar-refractivity contribution is -0.119. The van der Waals surface area contributed by atoms with Crippen LogP contribution in [0.5, 0.6) is 5.75 Å². The molecule has 0 unspecified atom stereocenters. The number of rotatable bonds is 7. The minimum absolute atomic E-state index is 0.0139. The Balaban J connectivity index is 1.68. The van der Waals surface area contributed by atoms with Crippen molar-refractivity contribution in [2.45, 2.75) is 18.9 Å². The van der Waals surface area contributed by atoms with Gasteiger partial charge >= 0.3 is 0 Å². The normalized spacial score (nSPS) is 22.9. The Hall–Kier alpha value is -2.12. The number of nitrogens with two attached hydrogens (primary N) is 1. The van der Waals surface area contributed by atoms with Crippen molar-refractivity contribution in [3.05, 3.63) is 29.8 Å². The molecule has 4 rings (SSSR count). The summed E-state index contributed by atoms with van der Waals surface area (Å²) < 4.78 is 10.5. The van der Waals surface area contributed by atoms with Crippen LogP contribution in [0.15, 0.2) is 24.3 Å². The molecule has 3 fully saturated rings. The summed E-state index contributed by atoms with van der Waals surface area (Å²) in [6, 6.07) is 7.34. The number of carbonyl (C=O) groups excluding carboxylic acids is 2. The van der Waals surface area contributed by atoms with Crippen molar-refractivity contribution in [3.63, 3.8) is 0 Å². The minimum atomic E-state index is -0.540. The average molecular weight is 361 g/mol. The van der Waals surface area contributed by atoms with Crippen molar-refractivity contribution >= 4 is 11.8 Å². The predicted molar refractivity (Wildman–Crippen MR) is 97.0 cm³/mol. The van der Waals surface area contributed by atoms with E-state index in [4.69, 9.17) is 15.2 Å². The molecule has 2 atom stereocenters. The van der Waals surface area contributed by atoms with Gasteiger partial charge in [0.2, 0.25) is 0 Å². The van der Waals surface area contributed by atoms with Gasteiger partial charge in [-0.1, -0.05) is 6.07 Å². The molecule has 2 N–H and O–H groups in total. The summed E-state index contributed by atoms with van der Waals surface area (Å²) in [6.45, 7) is 3.99. The summed E-state index contributed by atoms with van der Waals surface area (Å²) in [6.07, 6.45) is 2.29. The second kappa shape index (κ2) is 8.51. The number of hydrogen-bond donors (Lipinski definition) is 1. The highest BCUT2D eigenvalue weighted by Gasteiger charge is 2.36. The molecule has 7 nitrogen and oxygen atoms in total. The van der Waals surface area contributed by atoms with Gasteiger partial charge < -0.3 is 20.1 Å². The average Bonchev–Trinajstić information content (AvgIpc) is 2.96. The number of benzene rings is 1. The summed E-state index contributed by atoms with van der Waals surface area (Å²) in [5, 5.41) is 0. The van der Waals surface area contributed by atoms with E-state index in [0.717, 1.165) is 39.2 Å². The fourth-order valence-corrected chi connectivity index (χ4v) is 3.88. The third kappa shape index (κ3) is 4.53. The second-order valence-electron chi connectivity index (χ2n) is 7.08. The van der Waals surface area contributed by atoms with Crippen LogP contribution in [0.2, 0.25) is 0 Å². The third-order valence-corrected chi connectivity index (χ3v) is 5.16. The van der Waals surface area contributed by atoms with Gasteiger partial charge in [0.25, 0.3) is 11.8 Å². The first-order valence-corrected chi connectivity index (χ1v) is 9.10. The molecule has 142 valence electrons. The molecule has 26 heavy (non-hydrogen) atoms. The summed E-state index contributed by atoms with van der Waals surface area (Å²) >= 11 is 0. The van der Waals surface area contributed by atoms with E-state index in [1.165, 1.54) is 6.42 Å². The van der Waals surface area contributed by atoms with Gasteiger partial charge in [0, 0.05) is 44.9 Å². The lowest BCUT2D eigenvalue weighted by Crippen LogP contribution is -2.45. The van der Waals surface area contributed by atoms with Gasteiger partial charge in [-0.05, 0) is 37.0 Å². The lowest BCUT2D eigenvalue weighted by atomic mass is 9.95. The van der Waals surface area contributed by atoms with Crippen molar-refractivity contribution in [1.82, 2.24) is 9.80 Å². The SMILES string of the molecule is COCCN1C[C@@H]2CC[C@H]1CN(C(=O)c1cccc(OCC(N)=O)c1)C2. The van der Waals surface area contributed by atoms with Crippen LogP contribution in [-0.4, -0.2) is 74.2 Å². The molecule has 0 radical (unpaired) electrons. The molecular formula is C19H27N3O4. The van der Waals surface area contributed by atoms with Crippen LogP contribution in [0, 0.1) is 5.92 Å². The van der Waals surface area contributed by atoms with Crippen LogP contribution < -0.4 is 10.5 Å². The molecule has 3 aliphatic rings. The van der Waals surface area contributed by atoms with Gasteiger partial charge in [-0.25, -0.2) is 0 Å². The second-order valence-corrected chi connectivity index (χ2v) is 7.08. The number of methoxy groups -OCH3 is 1. The number of piperidine rings is 1. The van der Waals surface area contributed by atoms with E-state index in [1.807, 2.05) is 4.90 Å². The standard InChI is InChI=1S/C19H27N3O4/c1-25-8-7-21-10-14-5-6-16(21)12-22(11-14)19(24)15-3-2-4-17(9-15)26-13-18(20)23/h2-4,9,14,16H,5-8,10-13H2,1H3,(H2,20,23)/t14-,16-/m0/s1. The van der Waals surface area contributed by atoms with Crippen molar-refractivity contribution in [2.75, 3.05) is 46.5 Å². The Morgan fingerprint density at radius 2 is 2.08 bits per heavy atom. The third-order valence-electron chi connectivity index (χ3n) is 5.16. The van der Waals surface area contributed by atoms with Crippen molar-refractivity contribution in [1.29, 1.82) is 0 Å². The molecular weight excluding hydrogens is 334 g/mol. The van der Waals surface area contributed by atoms with Crippen molar-refractivity contribution in [3.8, 4) is 5.75 Å². The Morgan fingerprint density at radius 1 is 1.23 bits per heavy atom. The number of hydrogen-bond acceptors (Lipinski definition) is 5. The highest BCUT2D eigenvalue weighted by Crippen LogP contribution is 2.29. The number of fused-ring (bicyclic) bond motifs is 4. The number of amides is 2. The number of nitrogens with zero attached hydrogens (tertiary/aromatic N) is 2. The molecule has 3 heterocycles. The zero-order valence-corrected chi connectivity index (χ0v) is 15.2. The molecule has 0 aromatic heterocycles. The first-order chi connectivity index (χ1) is 12.6. The van der Waals surface area contributed by atoms with E-state index in [2.05, 4.69) is 4.90 Å². The van der Waals surface area contributed by atoms with Crippen LogP contribution >= 0.6 is 0 Å². The molecule has 0 saturated carbocycles. The highest BCUT2D eigenvalue weighted by atomic mass is 16.5. The molecule has 0 aliphatic carbocycles. The van der Waals surface area contributed by atoms with E-state index in [-0.39, 0.29) is 12.5 Å². The number of primary amides is 1. The van der Waals surface area contributed by atoms with Gasteiger partial charge in [0.05, 0.1) is 6.61 Å². The highest BCUT2D eigenvalue weighted by molar-refractivity contribution is 5.94. The maximum atomic E-state index is 13.0. The van der Waals surface area contributed by atoms with Crippen LogP contribution in [-0.2, 0) is 9.53 Å². The van der Waals surface area contributed by atoms with Crippen LogP contribution in [0.4, 0.5) is 0 Å². The van der Waals surface area contributed by atoms with E-state index in [1.54, 1.807) is 31.4 Å². The quantitative estimate of drug-likeness (QED) is 0.774. The molecule has 1 aromatic rings. The van der Waals surface area contributed by atoms with Crippen LogP contribution in [0.3, 0.4) is 0 Å².